The summed E-state index contributed by atoms with van der Waals surface area (Å²) >= 11 is 0. The van der Waals surface area contributed by atoms with Crippen molar-refractivity contribution >= 4 is 5.78 Å². The number of carbonyl (C=O) groups is 1. The number of carbonyl (C=O) groups excluding carboxylic acids is 1. The van der Waals surface area contributed by atoms with E-state index in [1.165, 1.54) is 0 Å². The van der Waals surface area contributed by atoms with E-state index >= 15 is 0 Å². The summed E-state index contributed by atoms with van der Waals surface area (Å²) in [5.41, 5.74) is -0.954. The molecule has 0 aromatic rings. The van der Waals surface area contributed by atoms with Gasteiger partial charge in [0.05, 0.1) is 6.61 Å². The van der Waals surface area contributed by atoms with Gasteiger partial charge in [-0.1, -0.05) is 34.6 Å². The van der Waals surface area contributed by atoms with Crippen molar-refractivity contribution in [2.75, 3.05) is 6.61 Å². The first-order chi connectivity index (χ1) is 4.72. The maximum absolute atomic E-state index is 11.6. The van der Waals surface area contributed by atoms with Crippen LogP contribution < -0.4 is 0 Å². The van der Waals surface area contributed by atoms with Crippen molar-refractivity contribution in [3.8, 4) is 0 Å². The molecule has 0 aliphatic rings. The molecule has 0 unspecified atom stereocenters. The van der Waals surface area contributed by atoms with Crippen LogP contribution in [0.1, 0.15) is 34.6 Å². The van der Waals surface area contributed by atoms with E-state index in [1.807, 2.05) is 20.8 Å². The molecule has 0 amide bonds. The van der Waals surface area contributed by atoms with Gasteiger partial charge in [0, 0.05) is 10.8 Å². The van der Waals surface area contributed by atoms with Crippen molar-refractivity contribution in [3.63, 3.8) is 0 Å². The standard InChI is InChI=1S/C9H18O2/c1-8(2,3)7(11)9(4,5)6-10/h10H,6H2,1-5H3. The van der Waals surface area contributed by atoms with Crippen LogP contribution in [-0.2, 0) is 4.79 Å². The van der Waals surface area contributed by atoms with Crippen LogP contribution in [-0.4, -0.2) is 17.5 Å². The predicted octanol–water partition coefficient (Wildman–Crippen LogP) is 1.62. The third-order valence-electron chi connectivity index (χ3n) is 1.69. The molecule has 0 rings (SSSR count). The third-order valence-corrected chi connectivity index (χ3v) is 1.69. The Hall–Kier alpha value is -0.370. The van der Waals surface area contributed by atoms with Crippen molar-refractivity contribution in [3.05, 3.63) is 0 Å². The lowest BCUT2D eigenvalue weighted by Gasteiger charge is -2.28. The van der Waals surface area contributed by atoms with Gasteiger partial charge in [0.1, 0.15) is 5.78 Å². The number of aliphatic hydroxyl groups is 1. The van der Waals surface area contributed by atoms with Crippen LogP contribution in [0, 0.1) is 10.8 Å². The van der Waals surface area contributed by atoms with E-state index in [1.54, 1.807) is 13.8 Å². The molecule has 0 bridgehead atoms. The zero-order chi connectivity index (χ0) is 9.28. The van der Waals surface area contributed by atoms with Gasteiger partial charge < -0.3 is 5.11 Å². The van der Waals surface area contributed by atoms with Gasteiger partial charge >= 0.3 is 0 Å². The first-order valence-corrected chi connectivity index (χ1v) is 3.87. The van der Waals surface area contributed by atoms with Crippen LogP contribution in [0.4, 0.5) is 0 Å². The van der Waals surface area contributed by atoms with E-state index in [-0.39, 0.29) is 17.8 Å². The number of Topliss-reactive ketones (excluding diaryl/α,β-unsaturated/α-hetero) is 1. The van der Waals surface area contributed by atoms with E-state index in [9.17, 15) is 4.79 Å². The Labute approximate surface area is 68.6 Å². The van der Waals surface area contributed by atoms with Gasteiger partial charge in [-0.05, 0) is 0 Å². The second-order valence-electron chi connectivity index (χ2n) is 4.62. The summed E-state index contributed by atoms with van der Waals surface area (Å²) in [6.45, 7) is 9.05. The molecule has 0 fully saturated rings. The van der Waals surface area contributed by atoms with Crippen molar-refractivity contribution in [1.29, 1.82) is 0 Å². The summed E-state index contributed by atoms with van der Waals surface area (Å²) in [4.78, 5) is 11.6. The fourth-order valence-corrected chi connectivity index (χ4v) is 1.09. The number of hydrogen-bond acceptors (Lipinski definition) is 2. The van der Waals surface area contributed by atoms with Crippen LogP contribution in [0.2, 0.25) is 0 Å². The lowest BCUT2D eigenvalue weighted by Crippen LogP contribution is -2.37. The number of hydrogen-bond donors (Lipinski definition) is 1. The topological polar surface area (TPSA) is 37.3 Å². The van der Waals surface area contributed by atoms with E-state index in [4.69, 9.17) is 5.11 Å². The number of rotatable bonds is 2. The average molecular weight is 158 g/mol. The fraction of sp³-hybridized carbons (Fsp3) is 0.889. The molecule has 0 aliphatic carbocycles. The number of ketones is 1. The molecular formula is C9H18O2. The van der Waals surface area contributed by atoms with Crippen LogP contribution in [0.3, 0.4) is 0 Å². The Kier molecular flexibility index (Phi) is 2.84. The Morgan fingerprint density at radius 3 is 1.64 bits per heavy atom. The minimum absolute atomic E-state index is 0.0803. The van der Waals surface area contributed by atoms with Gasteiger partial charge in [-0.3, -0.25) is 4.79 Å². The van der Waals surface area contributed by atoms with Crippen molar-refractivity contribution in [2.45, 2.75) is 34.6 Å². The Balaban J connectivity index is 4.50. The van der Waals surface area contributed by atoms with Gasteiger partial charge in [0.15, 0.2) is 0 Å². The molecule has 11 heavy (non-hydrogen) atoms. The smallest absolute Gasteiger partial charge is 0.146 e. The van der Waals surface area contributed by atoms with E-state index < -0.39 is 5.41 Å². The number of aliphatic hydroxyl groups excluding tert-OH is 1. The highest BCUT2D eigenvalue weighted by molar-refractivity contribution is 5.88. The second-order valence-corrected chi connectivity index (χ2v) is 4.62. The van der Waals surface area contributed by atoms with Crippen LogP contribution in [0.15, 0.2) is 0 Å². The molecule has 0 atom stereocenters. The molecule has 0 aliphatic heterocycles. The lowest BCUT2D eigenvalue weighted by atomic mass is 9.75. The molecule has 0 heterocycles. The molecule has 0 saturated carbocycles. The fourth-order valence-electron chi connectivity index (χ4n) is 1.09. The van der Waals surface area contributed by atoms with Crippen molar-refractivity contribution < 1.29 is 9.90 Å². The maximum atomic E-state index is 11.6. The van der Waals surface area contributed by atoms with Crippen LogP contribution in [0.5, 0.6) is 0 Å². The highest BCUT2D eigenvalue weighted by atomic mass is 16.3. The quantitative estimate of drug-likeness (QED) is 0.663. The summed E-state index contributed by atoms with van der Waals surface area (Å²) < 4.78 is 0. The molecule has 0 radical (unpaired) electrons. The summed E-state index contributed by atoms with van der Waals surface area (Å²) in [7, 11) is 0. The maximum Gasteiger partial charge on any atom is 0.146 e. The minimum atomic E-state index is -0.599. The predicted molar refractivity (Wildman–Crippen MR) is 45.3 cm³/mol. The van der Waals surface area contributed by atoms with Gasteiger partial charge in [-0.25, -0.2) is 0 Å². The highest BCUT2D eigenvalue weighted by Gasteiger charge is 2.35. The van der Waals surface area contributed by atoms with Gasteiger partial charge in [0.25, 0.3) is 0 Å². The van der Waals surface area contributed by atoms with Gasteiger partial charge in [0.2, 0.25) is 0 Å². The second kappa shape index (κ2) is 2.94. The normalized spacial score (nSPS) is 13.3. The molecule has 2 nitrogen and oxygen atoms in total. The molecule has 1 N–H and O–H groups in total. The summed E-state index contributed by atoms with van der Waals surface area (Å²) in [5.74, 6) is 0.104. The lowest BCUT2D eigenvalue weighted by molar-refractivity contribution is -0.136. The summed E-state index contributed by atoms with van der Waals surface area (Å²) in [5, 5.41) is 8.91. The van der Waals surface area contributed by atoms with E-state index in [2.05, 4.69) is 0 Å². The molecule has 66 valence electrons. The minimum Gasteiger partial charge on any atom is -0.395 e. The van der Waals surface area contributed by atoms with Crippen molar-refractivity contribution in [1.82, 2.24) is 0 Å². The first kappa shape index (κ1) is 10.6. The Morgan fingerprint density at radius 2 is 1.55 bits per heavy atom. The zero-order valence-electron chi connectivity index (χ0n) is 8.06. The third kappa shape index (κ3) is 2.62. The Morgan fingerprint density at radius 1 is 1.18 bits per heavy atom. The first-order valence-electron chi connectivity index (χ1n) is 3.87. The van der Waals surface area contributed by atoms with Crippen LogP contribution in [0.25, 0.3) is 0 Å². The largest absolute Gasteiger partial charge is 0.395 e. The summed E-state index contributed by atoms with van der Waals surface area (Å²) in [6, 6.07) is 0. The van der Waals surface area contributed by atoms with Crippen molar-refractivity contribution in [2.24, 2.45) is 10.8 Å². The molecule has 0 aromatic carbocycles. The molecule has 0 aromatic heterocycles. The summed E-state index contributed by atoms with van der Waals surface area (Å²) in [6.07, 6.45) is 0. The monoisotopic (exact) mass is 158 g/mol. The van der Waals surface area contributed by atoms with E-state index in [0.29, 0.717) is 0 Å². The molecular weight excluding hydrogens is 140 g/mol. The van der Waals surface area contributed by atoms with Gasteiger partial charge in [-0.15, -0.1) is 0 Å². The van der Waals surface area contributed by atoms with E-state index in [0.717, 1.165) is 0 Å². The molecule has 0 spiro atoms. The Bertz CT molecular complexity index is 151. The molecule has 0 saturated heterocycles. The SMILES string of the molecule is CC(C)(C)C(=O)C(C)(C)CO. The highest BCUT2D eigenvalue weighted by Crippen LogP contribution is 2.28. The van der Waals surface area contributed by atoms with Gasteiger partial charge in [-0.2, -0.15) is 0 Å². The zero-order valence-corrected chi connectivity index (χ0v) is 8.06. The average Bonchev–Trinajstić information content (AvgIpc) is 1.84. The van der Waals surface area contributed by atoms with Crippen LogP contribution >= 0.6 is 0 Å². The molecule has 2 heteroatoms.